The standard InChI is InChI=1S/C71H72O9/c1-37-41(5)68-58(62(53-27-23-51(24-28-53)49-19-15-13-16-20-49)60-47(11)66(77-35-56-33-73-56)39(3)43(7)70(60)79-68)45(9)64(37)75-31-55(72)32-76-65-38(2)42(6)69-59(46(65)10)63(54-29-25-52(26-30-54)50-21-17-14-18-22-50)61-48(12)67(78-36-57-34-74-57)40(4)44(8)71(61)80-69/h13-30,55-57,62-63,72H,31-36H2,1-12H3. The van der Waals surface area contributed by atoms with Gasteiger partial charge in [0, 0.05) is 34.1 Å². The Kier molecular flexibility index (Phi) is 14.0. The highest BCUT2D eigenvalue weighted by atomic mass is 16.6. The molecule has 0 amide bonds. The van der Waals surface area contributed by atoms with Crippen LogP contribution < -0.4 is 28.4 Å². The highest BCUT2D eigenvalue weighted by molar-refractivity contribution is 5.75. The van der Waals surface area contributed by atoms with Gasteiger partial charge < -0.3 is 43.0 Å². The summed E-state index contributed by atoms with van der Waals surface area (Å²) in [7, 11) is 0. The molecular weight excluding hydrogens is 997 g/mol. The highest BCUT2D eigenvalue weighted by Gasteiger charge is 2.41. The summed E-state index contributed by atoms with van der Waals surface area (Å²) < 4.78 is 52.3. The topological polar surface area (TPSA) is 101 Å². The van der Waals surface area contributed by atoms with Crippen LogP contribution >= 0.6 is 0 Å². The molecule has 2 fully saturated rings. The number of aliphatic hydroxyl groups is 1. The van der Waals surface area contributed by atoms with Crippen LogP contribution in [0.25, 0.3) is 22.3 Å². The van der Waals surface area contributed by atoms with Gasteiger partial charge >= 0.3 is 0 Å². The maximum absolute atomic E-state index is 12.0. The zero-order valence-corrected chi connectivity index (χ0v) is 48.2. The van der Waals surface area contributed by atoms with Gasteiger partial charge in [-0.3, -0.25) is 0 Å². The summed E-state index contributed by atoms with van der Waals surface area (Å²) in [6, 6.07) is 38.8. The van der Waals surface area contributed by atoms with Crippen LogP contribution in [0.2, 0.25) is 0 Å². The fourth-order valence-electron chi connectivity index (χ4n) is 12.5. The van der Waals surface area contributed by atoms with E-state index in [0.717, 1.165) is 168 Å². The number of fused-ring (bicyclic) bond motifs is 4. The summed E-state index contributed by atoms with van der Waals surface area (Å²) in [6.07, 6.45) is -0.744. The first-order chi connectivity index (χ1) is 38.6. The molecule has 0 bridgehead atoms. The van der Waals surface area contributed by atoms with Gasteiger partial charge in [-0.05, 0) is 183 Å². The van der Waals surface area contributed by atoms with Gasteiger partial charge in [0.1, 0.15) is 90.7 Å². The molecule has 8 aromatic carbocycles. The van der Waals surface area contributed by atoms with E-state index in [2.05, 4.69) is 180 Å². The Labute approximate surface area is 471 Å². The number of aliphatic hydroxyl groups excluding tert-OH is 1. The van der Waals surface area contributed by atoms with Crippen LogP contribution in [-0.4, -0.2) is 63.1 Å². The van der Waals surface area contributed by atoms with Crippen molar-refractivity contribution in [2.45, 2.75) is 113 Å². The van der Waals surface area contributed by atoms with E-state index < -0.39 is 6.10 Å². The molecule has 12 rings (SSSR count). The summed E-state index contributed by atoms with van der Waals surface area (Å²) in [5.74, 6) is 6.20. The van der Waals surface area contributed by atoms with Crippen LogP contribution in [-0.2, 0) is 9.47 Å². The minimum absolute atomic E-state index is 0.00767. The van der Waals surface area contributed by atoms with E-state index in [1.807, 2.05) is 12.1 Å². The molecule has 4 unspecified atom stereocenters. The van der Waals surface area contributed by atoms with Crippen LogP contribution in [0.1, 0.15) is 112 Å². The maximum atomic E-state index is 12.0. The number of rotatable bonds is 16. The molecule has 2 saturated heterocycles. The van der Waals surface area contributed by atoms with Crippen molar-refractivity contribution in [3.8, 4) is 68.2 Å². The minimum Gasteiger partial charge on any atom is -0.490 e. The van der Waals surface area contributed by atoms with Gasteiger partial charge in [0.25, 0.3) is 0 Å². The fraction of sp³-hybridized carbons (Fsp3) is 0.324. The molecule has 0 saturated carbocycles. The van der Waals surface area contributed by atoms with Gasteiger partial charge in [0.05, 0.1) is 13.2 Å². The van der Waals surface area contributed by atoms with E-state index in [0.29, 0.717) is 26.4 Å². The van der Waals surface area contributed by atoms with Gasteiger partial charge in [-0.2, -0.15) is 0 Å². The maximum Gasteiger partial charge on any atom is 0.135 e. The third-order valence-electron chi connectivity index (χ3n) is 17.7. The Bertz CT molecular complexity index is 3460. The predicted octanol–water partition coefficient (Wildman–Crippen LogP) is 15.7. The Hall–Kier alpha value is -7.56. The lowest BCUT2D eigenvalue weighted by molar-refractivity contribution is 0.0615. The van der Waals surface area contributed by atoms with E-state index >= 15 is 0 Å². The molecule has 0 aliphatic carbocycles. The van der Waals surface area contributed by atoms with Crippen molar-refractivity contribution in [1.82, 2.24) is 0 Å². The molecule has 8 aromatic rings. The lowest BCUT2D eigenvalue weighted by atomic mass is 9.75. The molecule has 0 radical (unpaired) electrons. The van der Waals surface area contributed by atoms with Crippen LogP contribution in [0.5, 0.6) is 46.0 Å². The van der Waals surface area contributed by atoms with E-state index in [9.17, 15) is 5.11 Å². The smallest absolute Gasteiger partial charge is 0.135 e. The van der Waals surface area contributed by atoms with Crippen molar-refractivity contribution in [2.24, 2.45) is 0 Å². The molecule has 4 aliphatic heterocycles. The third kappa shape index (κ3) is 9.37. The van der Waals surface area contributed by atoms with Crippen LogP contribution in [0.3, 0.4) is 0 Å². The average molecular weight is 1070 g/mol. The molecule has 410 valence electrons. The zero-order chi connectivity index (χ0) is 55.8. The monoisotopic (exact) mass is 1070 g/mol. The highest BCUT2D eigenvalue weighted by Crippen LogP contribution is 2.59. The number of epoxide rings is 2. The molecular formula is C71H72O9. The number of benzene rings is 8. The minimum atomic E-state index is -0.970. The zero-order valence-electron chi connectivity index (χ0n) is 48.2. The first kappa shape index (κ1) is 53.1. The van der Waals surface area contributed by atoms with Crippen molar-refractivity contribution in [1.29, 1.82) is 0 Å². The third-order valence-corrected chi connectivity index (χ3v) is 17.7. The van der Waals surface area contributed by atoms with Crippen LogP contribution in [0.4, 0.5) is 0 Å². The predicted molar refractivity (Wildman–Crippen MR) is 316 cm³/mol. The summed E-state index contributed by atoms with van der Waals surface area (Å²) in [4.78, 5) is 0. The van der Waals surface area contributed by atoms with E-state index in [4.69, 9.17) is 37.9 Å². The van der Waals surface area contributed by atoms with E-state index in [-0.39, 0.29) is 37.3 Å². The molecule has 9 nitrogen and oxygen atoms in total. The SMILES string of the molecule is Cc1c(C)c2c(c(C)c1OCC(O)COc1c(C)c(C)c3c(c1C)C(c1ccc(-c4ccccc4)cc1)c1c(C)c(OCC4CO4)c(C)c(C)c1O3)C(c1ccc(-c3ccccc3)cc1)c1c(C)c(OCC3CO3)c(C)c(C)c1O2. The summed E-state index contributed by atoms with van der Waals surface area (Å²) in [5.41, 5.74) is 23.3. The first-order valence-corrected chi connectivity index (χ1v) is 28.2. The number of hydrogen-bond acceptors (Lipinski definition) is 9. The van der Waals surface area contributed by atoms with Crippen molar-refractivity contribution in [3.05, 3.63) is 209 Å². The Morgan fingerprint density at radius 3 is 0.925 bits per heavy atom. The summed E-state index contributed by atoms with van der Waals surface area (Å²) in [5, 5.41) is 12.0. The second-order valence-electron chi connectivity index (χ2n) is 22.6. The summed E-state index contributed by atoms with van der Waals surface area (Å²) >= 11 is 0. The van der Waals surface area contributed by atoms with E-state index in [1.165, 1.54) is 0 Å². The van der Waals surface area contributed by atoms with Crippen LogP contribution in [0, 0.1) is 83.1 Å². The van der Waals surface area contributed by atoms with Gasteiger partial charge in [0.15, 0.2) is 0 Å². The van der Waals surface area contributed by atoms with Crippen molar-refractivity contribution in [2.75, 3.05) is 39.6 Å². The van der Waals surface area contributed by atoms with Crippen LogP contribution in [0.15, 0.2) is 109 Å². The molecule has 9 heteroatoms. The Balaban J connectivity index is 0.875. The fourth-order valence-corrected chi connectivity index (χ4v) is 12.5. The molecule has 0 spiro atoms. The molecule has 4 heterocycles. The Morgan fingerprint density at radius 1 is 0.362 bits per heavy atom. The molecule has 80 heavy (non-hydrogen) atoms. The van der Waals surface area contributed by atoms with E-state index in [1.54, 1.807) is 0 Å². The molecule has 4 aliphatic rings. The van der Waals surface area contributed by atoms with Gasteiger partial charge in [0.2, 0.25) is 0 Å². The number of ether oxygens (including phenoxy) is 8. The molecule has 4 atom stereocenters. The van der Waals surface area contributed by atoms with Gasteiger partial charge in [-0.15, -0.1) is 0 Å². The van der Waals surface area contributed by atoms with Gasteiger partial charge in [-0.25, -0.2) is 0 Å². The van der Waals surface area contributed by atoms with Crippen molar-refractivity contribution in [3.63, 3.8) is 0 Å². The van der Waals surface area contributed by atoms with Gasteiger partial charge in [-0.1, -0.05) is 109 Å². The largest absolute Gasteiger partial charge is 0.490 e. The quantitative estimate of drug-likeness (QED) is 0.0948. The Morgan fingerprint density at radius 2 is 0.637 bits per heavy atom. The normalized spacial score (nSPS) is 17.7. The number of hydrogen-bond donors (Lipinski definition) is 1. The van der Waals surface area contributed by atoms with Crippen molar-refractivity contribution < 1.29 is 43.0 Å². The summed E-state index contributed by atoms with van der Waals surface area (Å²) in [6.45, 7) is 27.9. The molecule has 0 aromatic heterocycles. The lowest BCUT2D eigenvalue weighted by Gasteiger charge is -2.36. The first-order valence-electron chi connectivity index (χ1n) is 28.2. The second-order valence-corrected chi connectivity index (χ2v) is 22.6. The lowest BCUT2D eigenvalue weighted by Crippen LogP contribution is -2.27. The second kappa shape index (κ2) is 21.2. The molecule has 1 N–H and O–H groups in total. The van der Waals surface area contributed by atoms with Crippen molar-refractivity contribution >= 4 is 0 Å². The average Bonchev–Trinajstić information content (AvgIpc) is 4.62.